The molecule has 0 aliphatic heterocycles. The van der Waals surface area contributed by atoms with E-state index in [1.165, 1.54) is 0 Å². The fourth-order valence-corrected chi connectivity index (χ4v) is 1.68. The van der Waals surface area contributed by atoms with E-state index < -0.39 is 10.9 Å². The normalized spacial score (nSPS) is 10.9. The first kappa shape index (κ1) is 10.3. The zero-order valence-electron chi connectivity index (χ0n) is 8.94. The molecule has 0 fully saturated rings. The molecule has 8 heteroatoms. The molecule has 18 heavy (non-hydrogen) atoms. The number of anilines is 1. The summed E-state index contributed by atoms with van der Waals surface area (Å²) in [5.41, 5.74) is 4.51. The highest BCUT2D eigenvalue weighted by atomic mass is 16.1. The van der Waals surface area contributed by atoms with Crippen LogP contribution in [-0.2, 0) is 0 Å². The molecule has 0 saturated carbocycles. The molecule has 0 amide bonds. The number of rotatable bonds is 1. The third-order valence-electron chi connectivity index (χ3n) is 2.52. The molecule has 2 aromatic carbocycles. The van der Waals surface area contributed by atoms with Crippen LogP contribution >= 0.6 is 0 Å². The van der Waals surface area contributed by atoms with Crippen molar-refractivity contribution >= 4 is 16.7 Å². The van der Waals surface area contributed by atoms with Gasteiger partial charge in [0.25, 0.3) is 5.95 Å². The van der Waals surface area contributed by atoms with Gasteiger partial charge < -0.3 is 5.73 Å². The number of hydrogen-bond acceptors (Lipinski definition) is 7. The van der Waals surface area contributed by atoms with E-state index in [0.29, 0.717) is 10.8 Å². The number of aromatic nitrogens is 4. The van der Waals surface area contributed by atoms with E-state index >= 15 is 0 Å². The number of tetrazole rings is 1. The maximum absolute atomic E-state index is 12.0. The van der Waals surface area contributed by atoms with Gasteiger partial charge in [0.1, 0.15) is 0 Å². The third kappa shape index (κ3) is 1.32. The van der Waals surface area contributed by atoms with Gasteiger partial charge in [-0.05, 0) is 10.4 Å². The van der Waals surface area contributed by atoms with Crippen LogP contribution in [0, 0.1) is 0 Å². The van der Waals surface area contributed by atoms with Gasteiger partial charge in [-0.2, -0.15) is 0 Å². The zero-order chi connectivity index (χ0) is 12.7. The first-order valence-corrected chi connectivity index (χ1v) is 5.00. The second-order valence-corrected chi connectivity index (χ2v) is 3.58. The van der Waals surface area contributed by atoms with E-state index in [1.54, 1.807) is 24.3 Å². The van der Waals surface area contributed by atoms with E-state index in [4.69, 9.17) is 5.73 Å². The highest BCUT2D eigenvalue weighted by Gasteiger charge is 2.11. The second kappa shape index (κ2) is 3.55. The molecule has 0 saturated heterocycles. The summed E-state index contributed by atoms with van der Waals surface area (Å²) < 4.78 is 0. The van der Waals surface area contributed by atoms with Crippen molar-refractivity contribution in [2.24, 2.45) is 5.10 Å². The molecule has 1 aromatic heterocycles. The lowest BCUT2D eigenvalue weighted by molar-refractivity contribution is 0.675. The predicted molar refractivity (Wildman–Crippen MR) is 62.1 cm³/mol. The predicted octanol–water partition coefficient (Wildman–Crippen LogP) is -1.63. The lowest BCUT2D eigenvalue weighted by Gasteiger charge is -1.86. The molecule has 8 nitrogen and oxygen atoms in total. The van der Waals surface area contributed by atoms with Crippen LogP contribution in [0.15, 0.2) is 39.0 Å². The van der Waals surface area contributed by atoms with Crippen molar-refractivity contribution in [1.82, 2.24) is 20.3 Å². The van der Waals surface area contributed by atoms with Crippen molar-refractivity contribution in [2.45, 2.75) is 0 Å². The molecule has 3 rings (SSSR count). The number of fused-ring (bicyclic) bond motifs is 1. The zero-order valence-corrected chi connectivity index (χ0v) is 8.94. The fraction of sp³-hybridized carbons (Fsp3) is 0. The van der Waals surface area contributed by atoms with Gasteiger partial charge in [-0.15, -0.1) is 5.10 Å². The second-order valence-electron chi connectivity index (χ2n) is 3.58. The average molecular weight is 242 g/mol. The average Bonchev–Trinajstić information content (AvgIpc) is 2.89. The Balaban J connectivity index is 2.45. The highest BCUT2D eigenvalue weighted by Crippen LogP contribution is 2.01. The number of nitrogen functional groups attached to an aromatic ring is 1. The molecule has 0 spiro atoms. The fourth-order valence-electron chi connectivity index (χ4n) is 1.68. The largest absolute Gasteiger partial charge is 0.365 e. The summed E-state index contributed by atoms with van der Waals surface area (Å²) >= 11 is 0. The first-order valence-electron chi connectivity index (χ1n) is 5.00. The van der Waals surface area contributed by atoms with Crippen LogP contribution in [0.4, 0.5) is 5.95 Å². The molecule has 0 aliphatic rings. The SMILES string of the molecule is Nc1nnnn1N=c1c(=O)c2ccccc2c1=O. The molecule has 0 atom stereocenters. The minimum absolute atomic E-state index is 0.0981. The number of hydrogen-bond donors (Lipinski definition) is 1. The molecule has 2 N–H and O–H groups in total. The summed E-state index contributed by atoms with van der Waals surface area (Å²) in [6, 6.07) is 6.50. The van der Waals surface area contributed by atoms with Gasteiger partial charge >= 0.3 is 0 Å². The Bertz CT molecular complexity index is 837. The van der Waals surface area contributed by atoms with Gasteiger partial charge in [-0.3, -0.25) is 9.59 Å². The highest BCUT2D eigenvalue weighted by molar-refractivity contribution is 5.83. The Labute approximate surface area is 98.7 Å². The molecular weight excluding hydrogens is 236 g/mol. The first-order chi connectivity index (χ1) is 8.68. The molecule has 0 unspecified atom stereocenters. The maximum Gasteiger partial charge on any atom is 0.263 e. The van der Waals surface area contributed by atoms with Gasteiger partial charge in [0.05, 0.1) is 0 Å². The Hall–Kier alpha value is -2.90. The van der Waals surface area contributed by atoms with Crippen molar-refractivity contribution in [3.63, 3.8) is 0 Å². The van der Waals surface area contributed by atoms with Crippen LogP contribution in [0.5, 0.6) is 0 Å². The van der Waals surface area contributed by atoms with Gasteiger partial charge in [0.15, 0.2) is 5.36 Å². The number of benzene rings is 1. The Morgan fingerprint density at radius 2 is 1.72 bits per heavy atom. The number of nitrogens with two attached hydrogens (primary N) is 1. The number of nitrogens with zero attached hydrogens (tertiary/aromatic N) is 5. The summed E-state index contributed by atoms with van der Waals surface area (Å²) in [5, 5.41) is 14.3. The Kier molecular flexibility index (Phi) is 2.03. The smallest absolute Gasteiger partial charge is 0.263 e. The van der Waals surface area contributed by atoms with Crippen LogP contribution in [0.1, 0.15) is 0 Å². The van der Waals surface area contributed by atoms with Gasteiger partial charge in [-0.25, -0.2) is 0 Å². The Morgan fingerprint density at radius 1 is 1.11 bits per heavy atom. The molecular formula is C10H6N6O2. The Morgan fingerprint density at radius 3 is 2.22 bits per heavy atom. The van der Waals surface area contributed by atoms with E-state index in [-0.39, 0.29) is 11.3 Å². The summed E-state index contributed by atoms with van der Waals surface area (Å²) in [5.74, 6) is -0.0981. The van der Waals surface area contributed by atoms with Crippen LogP contribution in [0.2, 0.25) is 0 Å². The van der Waals surface area contributed by atoms with Gasteiger partial charge in [-0.1, -0.05) is 34.2 Å². The summed E-state index contributed by atoms with van der Waals surface area (Å²) in [4.78, 5) is 24.8. The van der Waals surface area contributed by atoms with Crippen molar-refractivity contribution in [2.75, 3.05) is 5.73 Å². The third-order valence-corrected chi connectivity index (χ3v) is 2.52. The molecule has 88 valence electrons. The van der Waals surface area contributed by atoms with Crippen LogP contribution in [0.3, 0.4) is 0 Å². The minimum Gasteiger partial charge on any atom is -0.365 e. The molecule has 1 heterocycles. The van der Waals surface area contributed by atoms with E-state index in [0.717, 1.165) is 4.79 Å². The quantitative estimate of drug-likeness (QED) is 0.547. The lowest BCUT2D eigenvalue weighted by atomic mass is 10.2. The molecule has 0 aliphatic carbocycles. The summed E-state index contributed by atoms with van der Waals surface area (Å²) in [7, 11) is 0. The van der Waals surface area contributed by atoms with Crippen molar-refractivity contribution in [3.05, 3.63) is 50.1 Å². The van der Waals surface area contributed by atoms with Crippen LogP contribution in [-0.4, -0.2) is 20.3 Å². The van der Waals surface area contributed by atoms with Crippen molar-refractivity contribution in [3.8, 4) is 0 Å². The van der Waals surface area contributed by atoms with E-state index in [1.807, 2.05) is 0 Å². The van der Waals surface area contributed by atoms with Crippen LogP contribution < -0.4 is 21.9 Å². The minimum atomic E-state index is -0.453. The van der Waals surface area contributed by atoms with Gasteiger partial charge in [0.2, 0.25) is 10.9 Å². The lowest BCUT2D eigenvalue weighted by Crippen LogP contribution is -2.33. The standard InChI is InChI=1S/C10H6N6O2/c11-10-12-14-15-16(10)13-7-8(17)5-3-1-2-4-6(5)9(7)18/h1-4H,(H2,11,12,15). The molecule has 0 bridgehead atoms. The van der Waals surface area contributed by atoms with Crippen molar-refractivity contribution in [1.29, 1.82) is 0 Å². The van der Waals surface area contributed by atoms with E-state index in [9.17, 15) is 9.59 Å². The monoisotopic (exact) mass is 242 g/mol. The van der Waals surface area contributed by atoms with Gasteiger partial charge in [0, 0.05) is 10.8 Å². The topological polar surface area (TPSA) is 116 Å². The summed E-state index contributed by atoms with van der Waals surface area (Å²) in [6.45, 7) is 0. The molecule has 3 aromatic rings. The van der Waals surface area contributed by atoms with Crippen molar-refractivity contribution < 1.29 is 0 Å². The maximum atomic E-state index is 12.0. The van der Waals surface area contributed by atoms with Crippen LogP contribution in [0.25, 0.3) is 10.8 Å². The van der Waals surface area contributed by atoms with E-state index in [2.05, 4.69) is 20.6 Å². The molecule has 0 radical (unpaired) electrons. The summed E-state index contributed by atoms with van der Waals surface area (Å²) in [6.07, 6.45) is 0.